The Hall–Kier alpha value is -1.44. The highest BCUT2D eigenvalue weighted by Crippen LogP contribution is 2.14. The van der Waals surface area contributed by atoms with Gasteiger partial charge in [0.25, 0.3) is 0 Å². The number of carbonyl (C=O) groups is 1. The first-order chi connectivity index (χ1) is 8.85. The van der Waals surface area contributed by atoms with Crippen LogP contribution in [0.25, 0.3) is 0 Å². The summed E-state index contributed by atoms with van der Waals surface area (Å²) in [7, 11) is -3.53. The van der Waals surface area contributed by atoms with Crippen LogP contribution in [-0.4, -0.2) is 27.4 Å². The van der Waals surface area contributed by atoms with E-state index in [-0.39, 0.29) is 16.7 Å². The van der Waals surface area contributed by atoms with Gasteiger partial charge in [-0.3, -0.25) is 4.79 Å². The minimum atomic E-state index is -3.53. The van der Waals surface area contributed by atoms with Crippen molar-refractivity contribution >= 4 is 21.6 Å². The van der Waals surface area contributed by atoms with Crippen molar-refractivity contribution in [3.63, 3.8) is 0 Å². The highest BCUT2D eigenvalue weighted by atomic mass is 32.2. The second-order valence-corrected chi connectivity index (χ2v) is 6.17. The van der Waals surface area contributed by atoms with Crippen LogP contribution in [0.1, 0.15) is 13.8 Å². The Morgan fingerprint density at radius 1 is 1.32 bits per heavy atom. The molecule has 0 saturated heterocycles. The minimum absolute atomic E-state index is 0.0772. The second kappa shape index (κ2) is 6.65. The van der Waals surface area contributed by atoms with Crippen LogP contribution in [0.4, 0.5) is 5.69 Å². The van der Waals surface area contributed by atoms with E-state index >= 15 is 0 Å². The molecule has 0 saturated carbocycles. The number of amides is 1. The molecular weight excluding hydrogens is 266 g/mol. The van der Waals surface area contributed by atoms with E-state index in [4.69, 9.17) is 5.73 Å². The summed E-state index contributed by atoms with van der Waals surface area (Å²) >= 11 is 0. The minimum Gasteiger partial charge on any atom is -0.330 e. The van der Waals surface area contributed by atoms with Crippen LogP contribution in [-0.2, 0) is 14.8 Å². The zero-order chi connectivity index (χ0) is 14.5. The molecule has 0 radical (unpaired) electrons. The number of rotatable bonds is 6. The lowest BCUT2D eigenvalue weighted by atomic mass is 10.2. The summed E-state index contributed by atoms with van der Waals surface area (Å²) in [6.07, 6.45) is 0. The largest absolute Gasteiger partial charge is 0.330 e. The summed E-state index contributed by atoms with van der Waals surface area (Å²) < 4.78 is 26.4. The van der Waals surface area contributed by atoms with Crippen LogP contribution >= 0.6 is 0 Å². The fourth-order valence-corrected chi connectivity index (χ4v) is 2.50. The molecule has 1 atom stereocenters. The molecule has 0 heterocycles. The van der Waals surface area contributed by atoms with Gasteiger partial charge in [0.2, 0.25) is 15.9 Å². The van der Waals surface area contributed by atoms with Crippen molar-refractivity contribution in [2.45, 2.75) is 18.7 Å². The number of nitrogens with two attached hydrogens (primary N) is 1. The molecule has 1 aromatic carbocycles. The molecule has 106 valence electrons. The fraction of sp³-hybridized carbons (Fsp3) is 0.417. The van der Waals surface area contributed by atoms with Crippen LogP contribution in [0, 0.1) is 5.92 Å². The van der Waals surface area contributed by atoms with E-state index in [0.29, 0.717) is 18.8 Å². The molecule has 1 amide bonds. The first-order valence-corrected chi connectivity index (χ1v) is 7.41. The number of benzene rings is 1. The van der Waals surface area contributed by atoms with Gasteiger partial charge < -0.3 is 11.1 Å². The maximum atomic E-state index is 11.9. The lowest BCUT2D eigenvalue weighted by Gasteiger charge is -2.11. The fourth-order valence-electron chi connectivity index (χ4n) is 1.34. The molecular formula is C12H19N3O3S. The summed E-state index contributed by atoms with van der Waals surface area (Å²) in [5.41, 5.74) is 5.99. The molecule has 6 nitrogen and oxygen atoms in total. The Labute approximate surface area is 113 Å². The van der Waals surface area contributed by atoms with E-state index in [1.165, 1.54) is 19.1 Å². The molecule has 1 unspecified atom stereocenters. The monoisotopic (exact) mass is 285 g/mol. The Morgan fingerprint density at radius 2 is 1.89 bits per heavy atom. The van der Waals surface area contributed by atoms with Crippen molar-refractivity contribution in [1.82, 2.24) is 4.72 Å². The maximum Gasteiger partial charge on any atom is 0.240 e. The molecule has 4 N–H and O–H groups in total. The molecule has 1 rings (SSSR count). The number of anilines is 1. The topological polar surface area (TPSA) is 101 Å². The number of sulfonamides is 1. The molecule has 0 aliphatic carbocycles. The van der Waals surface area contributed by atoms with Gasteiger partial charge in [-0.15, -0.1) is 0 Å². The van der Waals surface area contributed by atoms with Gasteiger partial charge in [-0.1, -0.05) is 6.92 Å². The number of nitrogens with one attached hydrogen (secondary N) is 2. The van der Waals surface area contributed by atoms with E-state index in [9.17, 15) is 13.2 Å². The lowest BCUT2D eigenvalue weighted by Crippen LogP contribution is -2.31. The van der Waals surface area contributed by atoms with Crippen molar-refractivity contribution in [3.05, 3.63) is 24.3 Å². The van der Waals surface area contributed by atoms with Crippen LogP contribution in [0.3, 0.4) is 0 Å². The second-order valence-electron chi connectivity index (χ2n) is 4.40. The Morgan fingerprint density at radius 3 is 2.37 bits per heavy atom. The van der Waals surface area contributed by atoms with Gasteiger partial charge in [0, 0.05) is 19.2 Å². The number of carbonyl (C=O) groups excluding carboxylic acids is 1. The predicted molar refractivity (Wildman–Crippen MR) is 74.2 cm³/mol. The SMILES string of the molecule is CC(=O)Nc1ccc(S(=O)(=O)NCC(C)CN)cc1. The Balaban J connectivity index is 2.76. The van der Waals surface area contributed by atoms with Gasteiger partial charge in [0.15, 0.2) is 0 Å². The Bertz CT molecular complexity index is 526. The van der Waals surface area contributed by atoms with Gasteiger partial charge in [-0.25, -0.2) is 13.1 Å². The van der Waals surface area contributed by atoms with Gasteiger partial charge >= 0.3 is 0 Å². The first-order valence-electron chi connectivity index (χ1n) is 5.92. The highest BCUT2D eigenvalue weighted by Gasteiger charge is 2.14. The molecule has 19 heavy (non-hydrogen) atoms. The Kier molecular flexibility index (Phi) is 5.46. The summed E-state index contributed by atoms with van der Waals surface area (Å²) in [4.78, 5) is 11.0. The molecule has 0 spiro atoms. The van der Waals surface area contributed by atoms with E-state index < -0.39 is 10.0 Å². The van der Waals surface area contributed by atoms with Gasteiger partial charge in [0.1, 0.15) is 0 Å². The predicted octanol–water partition coefficient (Wildman–Crippen LogP) is 0.518. The quantitative estimate of drug-likeness (QED) is 0.709. The number of hydrogen-bond donors (Lipinski definition) is 3. The molecule has 0 aliphatic heterocycles. The van der Waals surface area contributed by atoms with Crippen molar-refractivity contribution < 1.29 is 13.2 Å². The van der Waals surface area contributed by atoms with Gasteiger partial charge in [-0.05, 0) is 36.7 Å². The van der Waals surface area contributed by atoms with Crippen molar-refractivity contribution in [3.8, 4) is 0 Å². The normalized spacial score (nSPS) is 13.0. The highest BCUT2D eigenvalue weighted by molar-refractivity contribution is 7.89. The number of hydrogen-bond acceptors (Lipinski definition) is 4. The summed E-state index contributed by atoms with van der Waals surface area (Å²) in [6, 6.07) is 5.98. The van der Waals surface area contributed by atoms with Gasteiger partial charge in [-0.2, -0.15) is 0 Å². The van der Waals surface area contributed by atoms with Crippen molar-refractivity contribution in [2.75, 3.05) is 18.4 Å². The standard InChI is InChI=1S/C12H19N3O3S/c1-9(7-13)8-14-19(17,18)12-5-3-11(4-6-12)15-10(2)16/h3-6,9,14H,7-8,13H2,1-2H3,(H,15,16). The first kappa shape index (κ1) is 15.6. The average Bonchev–Trinajstić information content (AvgIpc) is 2.36. The maximum absolute atomic E-state index is 11.9. The van der Waals surface area contributed by atoms with E-state index in [1.54, 1.807) is 12.1 Å². The van der Waals surface area contributed by atoms with E-state index in [0.717, 1.165) is 0 Å². The summed E-state index contributed by atoms with van der Waals surface area (Å²) in [5.74, 6) is -0.126. The zero-order valence-corrected chi connectivity index (χ0v) is 11.8. The molecule has 0 fully saturated rings. The third-order valence-corrected chi connectivity index (χ3v) is 3.95. The average molecular weight is 285 g/mol. The van der Waals surface area contributed by atoms with Crippen molar-refractivity contribution in [2.24, 2.45) is 11.7 Å². The van der Waals surface area contributed by atoms with E-state index in [1.807, 2.05) is 6.92 Å². The molecule has 0 bridgehead atoms. The third-order valence-electron chi connectivity index (χ3n) is 2.51. The molecule has 0 aliphatic rings. The molecule has 0 aromatic heterocycles. The van der Waals surface area contributed by atoms with Crippen LogP contribution in [0.5, 0.6) is 0 Å². The molecule has 7 heteroatoms. The van der Waals surface area contributed by atoms with Crippen molar-refractivity contribution in [1.29, 1.82) is 0 Å². The summed E-state index contributed by atoms with van der Waals surface area (Å²) in [6.45, 7) is 3.97. The van der Waals surface area contributed by atoms with Crippen LogP contribution in [0.15, 0.2) is 29.2 Å². The van der Waals surface area contributed by atoms with Gasteiger partial charge in [0.05, 0.1) is 4.90 Å². The summed E-state index contributed by atoms with van der Waals surface area (Å²) in [5, 5.41) is 2.57. The van der Waals surface area contributed by atoms with E-state index in [2.05, 4.69) is 10.0 Å². The van der Waals surface area contributed by atoms with Crippen LogP contribution in [0.2, 0.25) is 0 Å². The zero-order valence-electron chi connectivity index (χ0n) is 11.0. The smallest absolute Gasteiger partial charge is 0.240 e. The lowest BCUT2D eigenvalue weighted by molar-refractivity contribution is -0.114. The van der Waals surface area contributed by atoms with Crippen LogP contribution < -0.4 is 15.8 Å². The molecule has 1 aromatic rings. The third kappa shape index (κ3) is 4.98.